The van der Waals surface area contributed by atoms with Gasteiger partial charge in [0.25, 0.3) is 0 Å². The Morgan fingerprint density at radius 2 is 2.00 bits per heavy atom. The number of carboxylic acids is 1. The lowest BCUT2D eigenvalue weighted by Gasteiger charge is -2.38. The van der Waals surface area contributed by atoms with E-state index in [1.54, 1.807) is 38.1 Å². The molecule has 1 unspecified atom stereocenters. The number of carboxylic acid groups (broad SMARTS) is 1. The fraction of sp³-hybridized carbons (Fsp3) is 0.385. The van der Waals surface area contributed by atoms with E-state index in [-0.39, 0.29) is 6.04 Å². The van der Waals surface area contributed by atoms with Crippen molar-refractivity contribution in [3.05, 3.63) is 34.9 Å². The summed E-state index contributed by atoms with van der Waals surface area (Å²) >= 11 is 6.05. The standard InChI is InChI=1S/C13H16ClNO3/c1-9(2)15(8-16)13(3,12(17)18)10-6-4-5-7-11(10)14/h4-9H,1-3H3,(H,17,18). The number of carbonyl (C=O) groups is 2. The number of amides is 1. The van der Waals surface area contributed by atoms with Crippen LogP contribution in [0.25, 0.3) is 0 Å². The van der Waals surface area contributed by atoms with Crippen molar-refractivity contribution in [3.63, 3.8) is 0 Å². The zero-order valence-corrected chi connectivity index (χ0v) is 11.3. The van der Waals surface area contributed by atoms with Gasteiger partial charge in [0, 0.05) is 16.6 Å². The monoisotopic (exact) mass is 269 g/mol. The molecule has 0 saturated heterocycles. The first-order valence-corrected chi connectivity index (χ1v) is 5.95. The number of halogens is 1. The largest absolute Gasteiger partial charge is 0.479 e. The maximum atomic E-state index is 11.6. The summed E-state index contributed by atoms with van der Waals surface area (Å²) in [4.78, 5) is 24.1. The molecule has 0 spiro atoms. The fourth-order valence-corrected chi connectivity index (χ4v) is 2.28. The molecule has 1 amide bonds. The molecule has 0 aromatic heterocycles. The van der Waals surface area contributed by atoms with E-state index >= 15 is 0 Å². The van der Waals surface area contributed by atoms with Gasteiger partial charge in [0.05, 0.1) is 0 Å². The van der Waals surface area contributed by atoms with E-state index in [4.69, 9.17) is 11.6 Å². The predicted octanol–water partition coefficient (Wildman–Crippen LogP) is 2.51. The Labute approximate surface area is 111 Å². The summed E-state index contributed by atoms with van der Waals surface area (Å²) in [6.45, 7) is 4.99. The highest BCUT2D eigenvalue weighted by Crippen LogP contribution is 2.34. The quantitative estimate of drug-likeness (QED) is 0.836. The Morgan fingerprint density at radius 3 is 2.39 bits per heavy atom. The zero-order chi connectivity index (χ0) is 13.9. The van der Waals surface area contributed by atoms with Gasteiger partial charge >= 0.3 is 5.97 Å². The number of hydrogen-bond acceptors (Lipinski definition) is 2. The number of hydrogen-bond donors (Lipinski definition) is 1. The average molecular weight is 270 g/mol. The van der Waals surface area contributed by atoms with Gasteiger partial charge in [-0.25, -0.2) is 4.79 Å². The second kappa shape index (κ2) is 5.40. The minimum atomic E-state index is -1.48. The van der Waals surface area contributed by atoms with Crippen LogP contribution in [0.5, 0.6) is 0 Å². The van der Waals surface area contributed by atoms with E-state index in [9.17, 15) is 14.7 Å². The zero-order valence-electron chi connectivity index (χ0n) is 10.6. The van der Waals surface area contributed by atoms with Gasteiger partial charge in [-0.05, 0) is 26.8 Å². The summed E-state index contributed by atoms with van der Waals surface area (Å²) in [6, 6.07) is 6.40. The fourth-order valence-electron chi connectivity index (χ4n) is 1.96. The first-order chi connectivity index (χ1) is 8.35. The first-order valence-electron chi connectivity index (χ1n) is 5.57. The average Bonchev–Trinajstić information content (AvgIpc) is 2.29. The van der Waals surface area contributed by atoms with Gasteiger partial charge in [-0.1, -0.05) is 29.8 Å². The third kappa shape index (κ3) is 2.34. The molecular weight excluding hydrogens is 254 g/mol. The molecule has 1 rings (SSSR count). The SMILES string of the molecule is CC(C)N(C=O)C(C)(C(=O)O)c1ccccc1Cl. The van der Waals surface area contributed by atoms with Gasteiger partial charge in [0.2, 0.25) is 6.41 Å². The lowest BCUT2D eigenvalue weighted by molar-refractivity contribution is -0.156. The summed E-state index contributed by atoms with van der Waals surface area (Å²) < 4.78 is 0. The Morgan fingerprint density at radius 1 is 1.44 bits per heavy atom. The van der Waals surface area contributed by atoms with Crippen LogP contribution in [0.15, 0.2) is 24.3 Å². The van der Waals surface area contributed by atoms with E-state index in [1.807, 2.05) is 0 Å². The molecule has 1 aromatic rings. The molecule has 1 aromatic carbocycles. The molecule has 0 aliphatic heterocycles. The highest BCUT2D eigenvalue weighted by molar-refractivity contribution is 6.31. The molecule has 0 heterocycles. The van der Waals surface area contributed by atoms with Gasteiger partial charge in [-0.2, -0.15) is 0 Å². The van der Waals surface area contributed by atoms with E-state index in [0.29, 0.717) is 17.0 Å². The van der Waals surface area contributed by atoms with Gasteiger partial charge in [0.1, 0.15) is 0 Å². The molecule has 0 saturated carbocycles. The number of rotatable bonds is 5. The Bertz CT molecular complexity index is 461. The molecule has 0 radical (unpaired) electrons. The molecule has 0 fully saturated rings. The van der Waals surface area contributed by atoms with Crippen molar-refractivity contribution in [2.75, 3.05) is 0 Å². The van der Waals surface area contributed by atoms with Crippen molar-refractivity contribution < 1.29 is 14.7 Å². The van der Waals surface area contributed by atoms with Crippen LogP contribution in [0.4, 0.5) is 0 Å². The summed E-state index contributed by atoms with van der Waals surface area (Å²) in [5.74, 6) is -1.11. The smallest absolute Gasteiger partial charge is 0.334 e. The van der Waals surface area contributed by atoms with Crippen molar-refractivity contribution >= 4 is 24.0 Å². The van der Waals surface area contributed by atoms with Crippen LogP contribution in [0.2, 0.25) is 5.02 Å². The van der Waals surface area contributed by atoms with Crippen molar-refractivity contribution in [1.29, 1.82) is 0 Å². The first kappa shape index (κ1) is 14.5. The summed E-state index contributed by atoms with van der Waals surface area (Å²) in [5.41, 5.74) is -1.08. The molecule has 98 valence electrons. The van der Waals surface area contributed by atoms with E-state index in [2.05, 4.69) is 0 Å². The molecule has 1 N–H and O–H groups in total. The molecule has 0 bridgehead atoms. The van der Waals surface area contributed by atoms with Gasteiger partial charge in [0.15, 0.2) is 5.54 Å². The second-order valence-corrected chi connectivity index (χ2v) is 4.87. The van der Waals surface area contributed by atoms with Crippen LogP contribution in [-0.2, 0) is 15.1 Å². The normalized spacial score (nSPS) is 14.1. The number of carbonyl (C=O) groups excluding carboxylic acids is 1. The predicted molar refractivity (Wildman–Crippen MR) is 69.5 cm³/mol. The van der Waals surface area contributed by atoms with E-state index in [1.165, 1.54) is 11.8 Å². The molecule has 5 heteroatoms. The third-order valence-electron chi connectivity index (χ3n) is 3.00. The second-order valence-electron chi connectivity index (χ2n) is 4.46. The number of aliphatic carboxylic acids is 1. The van der Waals surface area contributed by atoms with E-state index < -0.39 is 11.5 Å². The lowest BCUT2D eigenvalue weighted by Crippen LogP contribution is -2.52. The molecule has 18 heavy (non-hydrogen) atoms. The maximum absolute atomic E-state index is 11.6. The summed E-state index contributed by atoms with van der Waals surface area (Å²) in [5, 5.41) is 9.83. The van der Waals surface area contributed by atoms with Crippen LogP contribution in [0.3, 0.4) is 0 Å². The van der Waals surface area contributed by atoms with E-state index in [0.717, 1.165) is 0 Å². The van der Waals surface area contributed by atoms with Gasteiger partial charge < -0.3 is 10.0 Å². The lowest BCUT2D eigenvalue weighted by atomic mass is 9.89. The van der Waals surface area contributed by atoms with Crippen molar-refractivity contribution in [3.8, 4) is 0 Å². The van der Waals surface area contributed by atoms with Crippen LogP contribution >= 0.6 is 11.6 Å². The van der Waals surface area contributed by atoms with Crippen molar-refractivity contribution in [1.82, 2.24) is 4.90 Å². The van der Waals surface area contributed by atoms with Crippen LogP contribution in [0.1, 0.15) is 26.3 Å². The molecule has 1 atom stereocenters. The van der Waals surface area contributed by atoms with Crippen LogP contribution in [-0.4, -0.2) is 28.4 Å². The molecular formula is C13H16ClNO3. The van der Waals surface area contributed by atoms with Gasteiger partial charge in [-0.15, -0.1) is 0 Å². The van der Waals surface area contributed by atoms with Crippen LogP contribution < -0.4 is 0 Å². The molecule has 0 aliphatic carbocycles. The summed E-state index contributed by atoms with van der Waals surface area (Å²) in [6.07, 6.45) is 0.544. The number of benzene rings is 1. The van der Waals surface area contributed by atoms with Crippen LogP contribution in [0, 0.1) is 0 Å². The highest BCUT2D eigenvalue weighted by atomic mass is 35.5. The maximum Gasteiger partial charge on any atom is 0.334 e. The minimum Gasteiger partial charge on any atom is -0.479 e. The Hall–Kier alpha value is -1.55. The molecule has 0 aliphatic rings. The Kier molecular flexibility index (Phi) is 4.35. The van der Waals surface area contributed by atoms with Crippen molar-refractivity contribution in [2.45, 2.75) is 32.4 Å². The molecule has 4 nitrogen and oxygen atoms in total. The topological polar surface area (TPSA) is 57.6 Å². The van der Waals surface area contributed by atoms with Crippen molar-refractivity contribution in [2.24, 2.45) is 0 Å². The third-order valence-corrected chi connectivity index (χ3v) is 3.33. The minimum absolute atomic E-state index is 0.250. The summed E-state index contributed by atoms with van der Waals surface area (Å²) in [7, 11) is 0. The van der Waals surface area contributed by atoms with Gasteiger partial charge in [-0.3, -0.25) is 4.79 Å². The number of nitrogens with zero attached hydrogens (tertiary/aromatic N) is 1. The highest BCUT2D eigenvalue weighted by Gasteiger charge is 2.43. The Balaban J connectivity index is 3.45.